The molecule has 3 saturated heterocycles. The van der Waals surface area contributed by atoms with Gasteiger partial charge in [0.25, 0.3) is 0 Å². The molecule has 0 aliphatic carbocycles. The summed E-state index contributed by atoms with van der Waals surface area (Å²) in [5, 5.41) is 40.1. The number of piperazine rings is 1. The summed E-state index contributed by atoms with van der Waals surface area (Å²) in [5.41, 5.74) is 6.48. The smallest absolute Gasteiger partial charge is 0.348 e. The average Bonchev–Trinajstić information content (AvgIpc) is 4.04. The van der Waals surface area contributed by atoms with E-state index in [-0.39, 0.29) is 72.1 Å². The highest BCUT2D eigenvalue weighted by Gasteiger charge is 2.37. The minimum absolute atomic E-state index is 0.0153. The van der Waals surface area contributed by atoms with Gasteiger partial charge >= 0.3 is 11.7 Å². The number of rotatable bonds is 13. The Morgan fingerprint density at radius 1 is 0.918 bits per heavy atom. The van der Waals surface area contributed by atoms with Crippen LogP contribution >= 0.6 is 0 Å². The molecule has 0 spiro atoms. The van der Waals surface area contributed by atoms with Gasteiger partial charge in [-0.05, 0) is 110 Å². The molecule has 73 heavy (non-hydrogen) atoms. The van der Waals surface area contributed by atoms with Crippen molar-refractivity contribution in [2.75, 3.05) is 62.2 Å². The number of phenols is 2. The number of aromatic hydroxyl groups is 2. The van der Waals surface area contributed by atoms with Crippen LogP contribution in [0.1, 0.15) is 79.8 Å². The van der Waals surface area contributed by atoms with E-state index in [4.69, 9.17) is 14.7 Å². The zero-order chi connectivity index (χ0) is 50.9. The Morgan fingerprint density at radius 2 is 1.70 bits per heavy atom. The molecule has 2 aromatic heterocycles. The topological polar surface area (TPSA) is 200 Å². The first-order chi connectivity index (χ1) is 35.4. The third kappa shape index (κ3) is 9.83. The largest absolute Gasteiger partial charge is 0.508 e. The number of carbonyl (C=O) groups is 2. The molecule has 4 aromatic carbocycles. The molecule has 0 saturated carbocycles. The highest BCUT2D eigenvalue weighted by molar-refractivity contribution is 5.97. The van der Waals surface area contributed by atoms with E-state index in [1.54, 1.807) is 11.0 Å². The van der Waals surface area contributed by atoms with Gasteiger partial charge in [0.05, 0.1) is 48.1 Å². The number of aromatic nitrogens is 5. The molecule has 6 aromatic rings. The number of aromatic amines is 1. The Morgan fingerprint density at radius 3 is 2.45 bits per heavy atom. The SMILES string of the molecule is C=CC(=O)N1CCN(c2nc(OC[C@@H]3CCCN3C(=O)C3CCN(Cc4ccc(-n5c(-c6cc(C(C)C)c(O)cc6O)n[nH]c5=O)cc4)CC3)nc3c2CCN(c2cccc4cccc(C)c24)C3)C[C@@H]1CC#N. The molecule has 6 heterocycles. The number of nitrogens with zero attached hydrogens (tertiary/aromatic N) is 10. The summed E-state index contributed by atoms with van der Waals surface area (Å²) in [6.07, 6.45) is 5.41. The van der Waals surface area contributed by atoms with Crippen molar-refractivity contribution >= 4 is 34.1 Å². The number of H-pyrrole nitrogens is 1. The summed E-state index contributed by atoms with van der Waals surface area (Å²) in [6, 6.07) is 25.6. The highest BCUT2D eigenvalue weighted by Crippen LogP contribution is 2.39. The lowest BCUT2D eigenvalue weighted by Crippen LogP contribution is -2.55. The number of hydrogen-bond acceptors (Lipinski definition) is 13. The van der Waals surface area contributed by atoms with Crippen molar-refractivity contribution in [2.45, 2.75) is 90.4 Å². The zero-order valence-corrected chi connectivity index (χ0v) is 41.8. The molecule has 2 amide bonds. The summed E-state index contributed by atoms with van der Waals surface area (Å²) in [7, 11) is 0. The number of benzene rings is 4. The molecule has 17 nitrogen and oxygen atoms in total. The number of fused-ring (bicyclic) bond motifs is 2. The Hall–Kier alpha value is -7.71. The van der Waals surface area contributed by atoms with Crippen LogP contribution in [-0.4, -0.2) is 126 Å². The van der Waals surface area contributed by atoms with Crippen LogP contribution in [0.3, 0.4) is 0 Å². The Balaban J connectivity index is 0.804. The van der Waals surface area contributed by atoms with Crippen molar-refractivity contribution in [3.63, 3.8) is 0 Å². The molecule has 0 bridgehead atoms. The monoisotopic (exact) mass is 985 g/mol. The van der Waals surface area contributed by atoms with E-state index in [1.807, 2.05) is 43.0 Å². The molecular formula is C56H63N11O6. The molecule has 2 atom stereocenters. The minimum atomic E-state index is -0.447. The summed E-state index contributed by atoms with van der Waals surface area (Å²) in [4.78, 5) is 61.0. The molecule has 3 fully saturated rings. The van der Waals surface area contributed by atoms with Crippen LogP contribution in [0.15, 0.2) is 90.2 Å². The summed E-state index contributed by atoms with van der Waals surface area (Å²) < 4.78 is 7.98. The molecule has 3 N–H and O–H groups in total. The Labute approximate surface area is 424 Å². The predicted molar refractivity (Wildman–Crippen MR) is 279 cm³/mol. The molecule has 4 aliphatic heterocycles. The quantitative estimate of drug-likeness (QED) is 0.100. The number of nitriles is 1. The van der Waals surface area contributed by atoms with Gasteiger partial charge in [0, 0.05) is 67.9 Å². The third-order valence-corrected chi connectivity index (χ3v) is 15.3. The maximum atomic E-state index is 14.3. The van der Waals surface area contributed by atoms with Gasteiger partial charge in [-0.25, -0.2) is 14.5 Å². The van der Waals surface area contributed by atoms with Crippen molar-refractivity contribution in [1.29, 1.82) is 5.26 Å². The van der Waals surface area contributed by atoms with Gasteiger partial charge in [0.15, 0.2) is 5.82 Å². The van der Waals surface area contributed by atoms with Gasteiger partial charge in [-0.3, -0.25) is 14.5 Å². The fraction of sp³-hybridized carbons (Fsp3) is 0.411. The molecular weight excluding hydrogens is 923 g/mol. The number of aryl methyl sites for hydroxylation is 1. The number of piperidine rings is 1. The van der Waals surface area contributed by atoms with Crippen molar-refractivity contribution < 1.29 is 24.5 Å². The standard InChI is InChI=1S/C56H63N11O6/c1-5-50(70)65-28-27-64(32-41(65)18-22-57)52-43-21-26-63(47-13-7-11-38-10-6-9-36(4)51(38)47)33-46(43)58-55(59-52)73-34-42-12-8-23-66(42)54(71)39-19-24-62(25-20-39)31-37-14-16-40(17-15-37)67-53(60-61-56(67)72)45-29-44(35(2)3)48(68)30-49(45)69/h5-7,9-11,13-17,29-30,35,39,41-42,68-69H,1,8,12,18-21,23-28,31-34H2,2-4H3,(H,61,72)/t41-,42-/m0/s1. The van der Waals surface area contributed by atoms with Gasteiger partial charge in [-0.1, -0.05) is 62.9 Å². The number of phenolic OH excluding ortho intramolecular Hbond substituents is 2. The van der Waals surface area contributed by atoms with Gasteiger partial charge in [0.1, 0.15) is 23.9 Å². The zero-order valence-electron chi connectivity index (χ0n) is 41.8. The van der Waals surface area contributed by atoms with Crippen molar-refractivity contribution in [3.05, 3.63) is 124 Å². The molecule has 17 heteroatoms. The van der Waals surface area contributed by atoms with E-state index in [0.717, 1.165) is 73.6 Å². The Kier molecular flexibility index (Phi) is 13.9. The first kappa shape index (κ1) is 48.9. The van der Waals surface area contributed by atoms with Crippen LogP contribution < -0.4 is 20.2 Å². The fourth-order valence-electron chi connectivity index (χ4n) is 11.4. The van der Waals surface area contributed by atoms with Gasteiger partial charge in [-0.2, -0.15) is 20.3 Å². The first-order valence-corrected chi connectivity index (χ1v) is 25.6. The number of hydrogen-bond donors (Lipinski definition) is 3. The summed E-state index contributed by atoms with van der Waals surface area (Å²) in [6.45, 7) is 15.6. The summed E-state index contributed by atoms with van der Waals surface area (Å²) >= 11 is 0. The van der Waals surface area contributed by atoms with Crippen LogP contribution in [0.4, 0.5) is 11.5 Å². The lowest BCUT2D eigenvalue weighted by molar-refractivity contribution is -0.138. The third-order valence-electron chi connectivity index (χ3n) is 15.3. The summed E-state index contributed by atoms with van der Waals surface area (Å²) in [5.74, 6) is 0.698. The lowest BCUT2D eigenvalue weighted by atomic mass is 9.94. The normalized spacial score (nSPS) is 18.6. The number of nitrogens with one attached hydrogen (secondary N) is 1. The molecule has 4 aliphatic rings. The van der Waals surface area contributed by atoms with Crippen LogP contribution in [0.25, 0.3) is 27.8 Å². The minimum Gasteiger partial charge on any atom is -0.508 e. The average molecular weight is 986 g/mol. The lowest BCUT2D eigenvalue weighted by Gasteiger charge is -2.42. The van der Waals surface area contributed by atoms with E-state index in [9.17, 15) is 29.9 Å². The van der Waals surface area contributed by atoms with Crippen LogP contribution in [0.5, 0.6) is 17.5 Å². The number of amides is 2. The highest BCUT2D eigenvalue weighted by atomic mass is 16.5. The Bertz CT molecular complexity index is 3150. The van der Waals surface area contributed by atoms with Crippen LogP contribution in [0.2, 0.25) is 0 Å². The van der Waals surface area contributed by atoms with E-state index in [1.165, 1.54) is 33.0 Å². The predicted octanol–water partition coefficient (Wildman–Crippen LogP) is 6.98. The van der Waals surface area contributed by atoms with Gasteiger partial charge < -0.3 is 34.5 Å². The molecule has 378 valence electrons. The van der Waals surface area contributed by atoms with Gasteiger partial charge in [-0.15, -0.1) is 0 Å². The maximum Gasteiger partial charge on any atom is 0.348 e. The second-order valence-corrected chi connectivity index (χ2v) is 20.2. The number of ether oxygens (including phenoxy) is 1. The van der Waals surface area contributed by atoms with E-state index >= 15 is 0 Å². The number of carbonyl (C=O) groups excluding carboxylic acids is 2. The van der Waals surface area contributed by atoms with E-state index < -0.39 is 5.69 Å². The second kappa shape index (κ2) is 20.8. The maximum absolute atomic E-state index is 14.3. The van der Waals surface area contributed by atoms with Crippen LogP contribution in [0, 0.1) is 24.2 Å². The van der Waals surface area contributed by atoms with Crippen molar-refractivity contribution in [1.82, 2.24) is 39.4 Å². The van der Waals surface area contributed by atoms with E-state index in [2.05, 4.69) is 80.9 Å². The number of anilines is 2. The molecule has 0 radical (unpaired) electrons. The number of likely N-dealkylation sites (tertiary alicyclic amines) is 2. The fourth-order valence-corrected chi connectivity index (χ4v) is 11.4. The van der Waals surface area contributed by atoms with Crippen molar-refractivity contribution in [3.8, 4) is 40.7 Å². The first-order valence-electron chi connectivity index (χ1n) is 25.6. The van der Waals surface area contributed by atoms with Crippen molar-refractivity contribution in [2.24, 2.45) is 5.92 Å². The van der Waals surface area contributed by atoms with Crippen LogP contribution in [-0.2, 0) is 29.1 Å². The second-order valence-electron chi connectivity index (χ2n) is 20.2. The van der Waals surface area contributed by atoms with E-state index in [0.29, 0.717) is 62.5 Å². The molecule has 10 rings (SSSR count). The molecule has 0 unspecified atom stereocenters. The van der Waals surface area contributed by atoms with Gasteiger partial charge in [0.2, 0.25) is 11.8 Å².